The van der Waals surface area contributed by atoms with Crippen molar-refractivity contribution in [1.29, 1.82) is 0 Å². The zero-order valence-corrected chi connectivity index (χ0v) is 14.7. The molecule has 3 aromatic heterocycles. The number of aryl methyl sites for hydroxylation is 2. The molecular weight excluding hydrogens is 352 g/mol. The number of hydrogen-bond donors (Lipinski definition) is 0. The van der Waals surface area contributed by atoms with E-state index in [1.807, 2.05) is 30.3 Å². The summed E-state index contributed by atoms with van der Waals surface area (Å²) in [5, 5.41) is 0. The standard InChI is InChI=1S/C18H16N4O5/c1-11-8-21-14-15(19-17(21)27-11)20(2)18(25)22(16(14)24)9-13(23)26-10-12-6-4-3-5-7-12/h3-8H,9-10H2,1-2H3. The molecule has 0 atom stereocenters. The van der Waals surface area contributed by atoms with Gasteiger partial charge in [0.2, 0.25) is 0 Å². The molecule has 0 aliphatic carbocycles. The van der Waals surface area contributed by atoms with E-state index in [0.717, 1.165) is 10.1 Å². The molecule has 138 valence electrons. The third-order valence-electron chi connectivity index (χ3n) is 4.24. The summed E-state index contributed by atoms with van der Waals surface area (Å²) < 4.78 is 14.1. The van der Waals surface area contributed by atoms with Gasteiger partial charge in [-0.25, -0.2) is 9.36 Å². The van der Waals surface area contributed by atoms with Crippen molar-refractivity contribution < 1.29 is 13.9 Å². The fourth-order valence-electron chi connectivity index (χ4n) is 2.92. The predicted molar refractivity (Wildman–Crippen MR) is 95.4 cm³/mol. The van der Waals surface area contributed by atoms with Gasteiger partial charge in [-0.1, -0.05) is 30.3 Å². The highest BCUT2D eigenvalue weighted by Gasteiger charge is 2.20. The van der Waals surface area contributed by atoms with E-state index in [4.69, 9.17) is 9.15 Å². The van der Waals surface area contributed by atoms with E-state index in [0.29, 0.717) is 5.76 Å². The van der Waals surface area contributed by atoms with Crippen LogP contribution in [0.25, 0.3) is 17.0 Å². The second-order valence-corrected chi connectivity index (χ2v) is 6.16. The highest BCUT2D eigenvalue weighted by molar-refractivity contribution is 5.75. The van der Waals surface area contributed by atoms with Crippen LogP contribution in [0, 0.1) is 6.92 Å². The molecule has 9 nitrogen and oxygen atoms in total. The van der Waals surface area contributed by atoms with Gasteiger partial charge in [0, 0.05) is 7.05 Å². The highest BCUT2D eigenvalue weighted by atomic mass is 16.5. The monoisotopic (exact) mass is 368 g/mol. The maximum atomic E-state index is 12.8. The highest BCUT2D eigenvalue weighted by Crippen LogP contribution is 2.14. The van der Waals surface area contributed by atoms with Gasteiger partial charge in [-0.3, -0.25) is 18.6 Å². The van der Waals surface area contributed by atoms with Gasteiger partial charge in [-0.05, 0) is 12.5 Å². The van der Waals surface area contributed by atoms with Crippen LogP contribution in [0.4, 0.5) is 0 Å². The van der Waals surface area contributed by atoms with Crippen molar-refractivity contribution in [3.8, 4) is 0 Å². The van der Waals surface area contributed by atoms with Gasteiger partial charge in [-0.2, -0.15) is 4.98 Å². The Morgan fingerprint density at radius 2 is 1.96 bits per heavy atom. The van der Waals surface area contributed by atoms with E-state index in [2.05, 4.69) is 4.98 Å². The maximum absolute atomic E-state index is 12.8. The molecule has 9 heteroatoms. The number of carbonyl (C=O) groups is 1. The van der Waals surface area contributed by atoms with Crippen LogP contribution in [0.5, 0.6) is 0 Å². The molecule has 0 saturated carbocycles. The molecule has 0 fully saturated rings. The van der Waals surface area contributed by atoms with Crippen LogP contribution in [-0.2, 0) is 29.7 Å². The third kappa shape index (κ3) is 2.82. The number of imidazole rings is 1. The molecule has 0 N–H and O–H groups in total. The first-order valence-electron chi connectivity index (χ1n) is 8.23. The number of esters is 1. The molecule has 4 aromatic rings. The Labute approximate surface area is 152 Å². The normalized spacial score (nSPS) is 11.3. The fraction of sp³-hybridized carbons (Fsp3) is 0.222. The van der Waals surface area contributed by atoms with Crippen molar-refractivity contribution in [1.82, 2.24) is 18.5 Å². The first-order valence-corrected chi connectivity index (χ1v) is 8.23. The lowest BCUT2D eigenvalue weighted by Crippen LogP contribution is -2.41. The predicted octanol–water partition coefficient (Wildman–Crippen LogP) is 0.993. The number of carbonyl (C=O) groups excluding carboxylic acids is 1. The zero-order chi connectivity index (χ0) is 19.1. The van der Waals surface area contributed by atoms with E-state index >= 15 is 0 Å². The summed E-state index contributed by atoms with van der Waals surface area (Å²) in [5.41, 5.74) is -0.106. The number of oxazole rings is 1. The summed E-state index contributed by atoms with van der Waals surface area (Å²) in [6.07, 6.45) is 1.61. The Kier molecular flexibility index (Phi) is 3.91. The number of rotatable bonds is 4. The second-order valence-electron chi connectivity index (χ2n) is 6.16. The zero-order valence-electron chi connectivity index (χ0n) is 14.7. The average molecular weight is 368 g/mol. The summed E-state index contributed by atoms with van der Waals surface area (Å²) in [6.45, 7) is 1.30. The lowest BCUT2D eigenvalue weighted by atomic mass is 10.2. The van der Waals surface area contributed by atoms with E-state index in [1.165, 1.54) is 16.0 Å². The first kappa shape index (κ1) is 16.8. The summed E-state index contributed by atoms with van der Waals surface area (Å²) in [4.78, 5) is 41.7. The number of aromatic nitrogens is 4. The van der Waals surface area contributed by atoms with E-state index < -0.39 is 23.8 Å². The summed E-state index contributed by atoms with van der Waals surface area (Å²) in [6, 6.07) is 9.14. The lowest BCUT2D eigenvalue weighted by molar-refractivity contribution is -0.145. The molecule has 0 saturated heterocycles. The minimum atomic E-state index is -0.679. The van der Waals surface area contributed by atoms with Gasteiger partial charge in [0.15, 0.2) is 11.2 Å². The number of nitrogens with zero attached hydrogens (tertiary/aromatic N) is 4. The van der Waals surface area contributed by atoms with Crippen LogP contribution in [0.2, 0.25) is 0 Å². The molecular formula is C18H16N4O5. The average Bonchev–Trinajstić information content (AvgIpc) is 3.18. The van der Waals surface area contributed by atoms with Gasteiger partial charge in [0.1, 0.15) is 18.9 Å². The van der Waals surface area contributed by atoms with Crippen molar-refractivity contribution in [2.45, 2.75) is 20.1 Å². The molecule has 0 bridgehead atoms. The second kappa shape index (κ2) is 6.27. The van der Waals surface area contributed by atoms with Gasteiger partial charge >= 0.3 is 17.5 Å². The molecule has 0 aliphatic rings. The molecule has 27 heavy (non-hydrogen) atoms. The van der Waals surface area contributed by atoms with E-state index in [1.54, 1.807) is 13.1 Å². The topological polar surface area (TPSA) is 101 Å². The van der Waals surface area contributed by atoms with Crippen LogP contribution in [0.15, 0.2) is 50.5 Å². The molecule has 0 unspecified atom stereocenters. The minimum absolute atomic E-state index is 0.0643. The third-order valence-corrected chi connectivity index (χ3v) is 4.24. The Hall–Kier alpha value is -3.62. The van der Waals surface area contributed by atoms with Crippen LogP contribution in [-0.4, -0.2) is 24.5 Å². The summed E-state index contributed by atoms with van der Waals surface area (Å²) in [5.74, 6) is 0.0991. The Morgan fingerprint density at radius 1 is 1.22 bits per heavy atom. The quantitative estimate of drug-likeness (QED) is 0.498. The molecule has 4 rings (SSSR count). The number of benzene rings is 1. The number of fused-ring (bicyclic) bond motifs is 3. The van der Waals surface area contributed by atoms with Crippen molar-refractivity contribution >= 4 is 23.0 Å². The van der Waals surface area contributed by atoms with Crippen LogP contribution >= 0.6 is 0 Å². The van der Waals surface area contributed by atoms with E-state index in [-0.39, 0.29) is 23.6 Å². The Balaban J connectivity index is 1.70. The van der Waals surface area contributed by atoms with Crippen molar-refractivity contribution in [2.75, 3.05) is 0 Å². The molecule has 0 radical (unpaired) electrons. The molecule has 0 spiro atoms. The molecule has 0 aliphatic heterocycles. The van der Waals surface area contributed by atoms with E-state index in [9.17, 15) is 14.4 Å². The van der Waals surface area contributed by atoms with Crippen LogP contribution in [0.1, 0.15) is 11.3 Å². The molecule has 3 heterocycles. The van der Waals surface area contributed by atoms with Crippen molar-refractivity contribution in [3.05, 3.63) is 68.7 Å². The number of ether oxygens (including phenoxy) is 1. The van der Waals surface area contributed by atoms with Crippen molar-refractivity contribution in [2.24, 2.45) is 7.05 Å². The van der Waals surface area contributed by atoms with Crippen LogP contribution in [0.3, 0.4) is 0 Å². The van der Waals surface area contributed by atoms with Crippen molar-refractivity contribution in [3.63, 3.8) is 0 Å². The van der Waals surface area contributed by atoms with Gasteiger partial charge in [0.25, 0.3) is 5.56 Å². The Bertz CT molecular complexity index is 1280. The summed E-state index contributed by atoms with van der Waals surface area (Å²) in [7, 11) is 1.48. The smallest absolute Gasteiger partial charge is 0.333 e. The molecule has 1 aromatic carbocycles. The van der Waals surface area contributed by atoms with Gasteiger partial charge in [-0.15, -0.1) is 0 Å². The molecule has 0 amide bonds. The largest absolute Gasteiger partial charge is 0.459 e. The Morgan fingerprint density at radius 3 is 2.70 bits per heavy atom. The van der Waals surface area contributed by atoms with Crippen LogP contribution < -0.4 is 11.2 Å². The van der Waals surface area contributed by atoms with Gasteiger partial charge < -0.3 is 9.15 Å². The summed E-state index contributed by atoms with van der Waals surface area (Å²) >= 11 is 0. The minimum Gasteiger partial charge on any atom is -0.459 e. The maximum Gasteiger partial charge on any atom is 0.333 e. The first-order chi connectivity index (χ1) is 13.0. The van der Waals surface area contributed by atoms with Gasteiger partial charge in [0.05, 0.1) is 6.20 Å². The fourth-order valence-corrected chi connectivity index (χ4v) is 2.92. The lowest BCUT2D eigenvalue weighted by Gasteiger charge is -2.08. The number of hydrogen-bond acceptors (Lipinski definition) is 6. The SMILES string of the molecule is Cc1cn2c(nc3c2c(=O)n(CC(=O)OCc2ccccc2)c(=O)n3C)o1.